The number of benzene rings is 2. The molecule has 6 nitrogen and oxygen atoms in total. The van der Waals surface area contributed by atoms with Gasteiger partial charge >= 0.3 is 5.97 Å². The number of amides is 1. The zero-order chi connectivity index (χ0) is 17.8. The molecule has 0 saturated carbocycles. The van der Waals surface area contributed by atoms with E-state index in [4.69, 9.17) is 14.2 Å². The van der Waals surface area contributed by atoms with Crippen LogP contribution in [0.2, 0.25) is 0 Å². The lowest BCUT2D eigenvalue weighted by molar-refractivity contribution is -0.123. The molecule has 0 radical (unpaired) electrons. The number of carbonyl (C=O) groups excluding carboxylic acids is 2. The molecule has 3 rings (SSSR count). The number of nitrogens with one attached hydrogen (secondary N) is 1. The molecule has 0 saturated heterocycles. The van der Waals surface area contributed by atoms with Gasteiger partial charge in [-0.25, -0.2) is 9.18 Å². The Morgan fingerprint density at radius 3 is 2.60 bits per heavy atom. The number of anilines is 1. The molecular weight excluding hydrogens is 329 g/mol. The molecule has 0 unspecified atom stereocenters. The summed E-state index contributed by atoms with van der Waals surface area (Å²) in [5, 5.41) is 2.62. The maximum atomic E-state index is 13.6. The number of esters is 1. The van der Waals surface area contributed by atoms with Crippen molar-refractivity contribution < 1.29 is 28.2 Å². The standard InChI is InChI=1S/C18H16FNO5/c1-11(25-18(22)13-4-2-3-5-14(13)19)17(21)20-12-6-7-15-16(10-12)24-9-8-23-15/h2-7,10-11H,8-9H2,1H3,(H,20,21)/t11-/m0/s1. The van der Waals surface area contributed by atoms with Gasteiger partial charge < -0.3 is 19.5 Å². The maximum absolute atomic E-state index is 13.6. The maximum Gasteiger partial charge on any atom is 0.341 e. The Morgan fingerprint density at radius 2 is 1.84 bits per heavy atom. The van der Waals surface area contributed by atoms with E-state index in [-0.39, 0.29) is 5.56 Å². The molecule has 0 aromatic heterocycles. The lowest BCUT2D eigenvalue weighted by atomic mass is 10.2. The van der Waals surface area contributed by atoms with Crippen LogP contribution in [0.1, 0.15) is 17.3 Å². The highest BCUT2D eigenvalue weighted by atomic mass is 19.1. The summed E-state index contributed by atoms with van der Waals surface area (Å²) in [4.78, 5) is 24.1. The normalized spacial score (nSPS) is 13.7. The highest BCUT2D eigenvalue weighted by Gasteiger charge is 2.21. The first-order chi connectivity index (χ1) is 12.0. The molecule has 0 aliphatic carbocycles. The zero-order valence-corrected chi connectivity index (χ0v) is 13.5. The SMILES string of the molecule is C[C@H](OC(=O)c1ccccc1F)C(=O)Nc1ccc2c(c1)OCCO2. The third-order valence-corrected chi connectivity index (χ3v) is 3.56. The Hall–Kier alpha value is -3.09. The third kappa shape index (κ3) is 3.88. The van der Waals surface area contributed by atoms with Gasteiger partial charge in [-0.2, -0.15) is 0 Å². The van der Waals surface area contributed by atoms with E-state index in [1.807, 2.05) is 0 Å². The summed E-state index contributed by atoms with van der Waals surface area (Å²) < 4.78 is 29.4. The molecule has 0 fully saturated rings. The number of ether oxygens (including phenoxy) is 3. The highest BCUT2D eigenvalue weighted by molar-refractivity contribution is 5.97. The van der Waals surface area contributed by atoms with Crippen LogP contribution in [-0.4, -0.2) is 31.2 Å². The largest absolute Gasteiger partial charge is 0.486 e. The average molecular weight is 345 g/mol. The summed E-state index contributed by atoms with van der Waals surface area (Å²) in [6.07, 6.45) is -1.10. The van der Waals surface area contributed by atoms with Crippen molar-refractivity contribution in [2.75, 3.05) is 18.5 Å². The predicted octanol–water partition coefficient (Wildman–Crippen LogP) is 2.78. The molecule has 25 heavy (non-hydrogen) atoms. The van der Waals surface area contributed by atoms with E-state index in [1.54, 1.807) is 18.2 Å². The lowest BCUT2D eigenvalue weighted by Crippen LogP contribution is -2.30. The minimum atomic E-state index is -1.10. The summed E-state index contributed by atoms with van der Waals surface area (Å²) in [5.74, 6) is -1.01. The quantitative estimate of drug-likeness (QED) is 0.863. The van der Waals surface area contributed by atoms with E-state index < -0.39 is 23.8 Å². The van der Waals surface area contributed by atoms with Crippen molar-refractivity contribution in [3.63, 3.8) is 0 Å². The molecular formula is C18H16FNO5. The molecule has 2 aromatic rings. The van der Waals surface area contributed by atoms with Crippen LogP contribution in [0, 0.1) is 5.82 Å². The molecule has 1 aliphatic rings. The third-order valence-electron chi connectivity index (χ3n) is 3.56. The molecule has 0 spiro atoms. The zero-order valence-electron chi connectivity index (χ0n) is 13.5. The van der Waals surface area contributed by atoms with Crippen LogP contribution in [0.3, 0.4) is 0 Å². The van der Waals surface area contributed by atoms with Crippen molar-refractivity contribution in [3.05, 3.63) is 53.8 Å². The van der Waals surface area contributed by atoms with Gasteiger partial charge in [0, 0.05) is 11.8 Å². The Bertz CT molecular complexity index is 808. The second-order valence-corrected chi connectivity index (χ2v) is 5.38. The number of hydrogen-bond acceptors (Lipinski definition) is 5. The smallest absolute Gasteiger partial charge is 0.341 e. The molecule has 1 atom stereocenters. The van der Waals surface area contributed by atoms with Crippen molar-refractivity contribution in [2.45, 2.75) is 13.0 Å². The fourth-order valence-electron chi connectivity index (χ4n) is 2.27. The molecule has 1 N–H and O–H groups in total. The fraction of sp³-hybridized carbons (Fsp3) is 0.222. The summed E-state index contributed by atoms with van der Waals surface area (Å²) >= 11 is 0. The van der Waals surface area contributed by atoms with Crippen molar-refractivity contribution in [3.8, 4) is 11.5 Å². The second-order valence-electron chi connectivity index (χ2n) is 5.38. The first-order valence-electron chi connectivity index (χ1n) is 7.70. The molecule has 2 aromatic carbocycles. The number of rotatable bonds is 4. The number of fused-ring (bicyclic) bond motifs is 1. The molecule has 130 valence electrons. The van der Waals surface area contributed by atoms with E-state index in [1.165, 1.54) is 25.1 Å². The van der Waals surface area contributed by atoms with Crippen molar-refractivity contribution >= 4 is 17.6 Å². The summed E-state index contributed by atoms with van der Waals surface area (Å²) in [6.45, 7) is 2.31. The van der Waals surface area contributed by atoms with Crippen molar-refractivity contribution in [1.29, 1.82) is 0 Å². The minimum Gasteiger partial charge on any atom is -0.486 e. The minimum absolute atomic E-state index is 0.221. The number of hydrogen-bond donors (Lipinski definition) is 1. The van der Waals surface area contributed by atoms with Crippen LogP contribution in [0.5, 0.6) is 11.5 Å². The lowest BCUT2D eigenvalue weighted by Gasteiger charge is -2.19. The van der Waals surface area contributed by atoms with Crippen LogP contribution in [0.4, 0.5) is 10.1 Å². The summed E-state index contributed by atoms with van der Waals surface area (Å²) in [5.41, 5.74) is 0.254. The number of halogens is 1. The van der Waals surface area contributed by atoms with E-state index in [0.29, 0.717) is 30.4 Å². The van der Waals surface area contributed by atoms with Crippen LogP contribution < -0.4 is 14.8 Å². The molecule has 7 heteroatoms. The van der Waals surface area contributed by atoms with Crippen LogP contribution in [0.15, 0.2) is 42.5 Å². The van der Waals surface area contributed by atoms with Gasteiger partial charge in [-0.05, 0) is 31.2 Å². The molecule has 1 heterocycles. The first-order valence-corrected chi connectivity index (χ1v) is 7.70. The number of carbonyl (C=O) groups is 2. The van der Waals surface area contributed by atoms with E-state index in [2.05, 4.69) is 5.32 Å². The van der Waals surface area contributed by atoms with E-state index in [9.17, 15) is 14.0 Å². The van der Waals surface area contributed by atoms with Gasteiger partial charge in [0.05, 0.1) is 5.56 Å². The van der Waals surface area contributed by atoms with Gasteiger partial charge in [-0.15, -0.1) is 0 Å². The first kappa shape index (κ1) is 16.8. The van der Waals surface area contributed by atoms with Crippen molar-refractivity contribution in [1.82, 2.24) is 0 Å². The Labute approximate surface area is 143 Å². The summed E-state index contributed by atoms with van der Waals surface area (Å²) in [6, 6.07) is 10.4. The Morgan fingerprint density at radius 1 is 1.12 bits per heavy atom. The molecule has 1 amide bonds. The van der Waals surface area contributed by atoms with Crippen LogP contribution in [0.25, 0.3) is 0 Å². The topological polar surface area (TPSA) is 73.9 Å². The van der Waals surface area contributed by atoms with Gasteiger partial charge in [0.2, 0.25) is 0 Å². The van der Waals surface area contributed by atoms with Crippen LogP contribution in [-0.2, 0) is 9.53 Å². The van der Waals surface area contributed by atoms with Crippen LogP contribution >= 0.6 is 0 Å². The second kappa shape index (κ2) is 7.21. The van der Waals surface area contributed by atoms with Gasteiger partial charge in [0.25, 0.3) is 5.91 Å². The van der Waals surface area contributed by atoms with Gasteiger partial charge in [0.15, 0.2) is 17.6 Å². The fourth-order valence-corrected chi connectivity index (χ4v) is 2.27. The van der Waals surface area contributed by atoms with Gasteiger partial charge in [-0.3, -0.25) is 4.79 Å². The summed E-state index contributed by atoms with van der Waals surface area (Å²) in [7, 11) is 0. The van der Waals surface area contributed by atoms with E-state index >= 15 is 0 Å². The van der Waals surface area contributed by atoms with E-state index in [0.717, 1.165) is 6.07 Å². The van der Waals surface area contributed by atoms with Gasteiger partial charge in [-0.1, -0.05) is 12.1 Å². The molecule has 1 aliphatic heterocycles. The van der Waals surface area contributed by atoms with Crippen molar-refractivity contribution in [2.24, 2.45) is 0 Å². The monoisotopic (exact) mass is 345 g/mol. The predicted molar refractivity (Wildman–Crippen MR) is 87.3 cm³/mol. The molecule has 0 bridgehead atoms. The Balaban J connectivity index is 1.63. The average Bonchev–Trinajstić information content (AvgIpc) is 2.61. The Kier molecular flexibility index (Phi) is 4.83. The van der Waals surface area contributed by atoms with Gasteiger partial charge in [0.1, 0.15) is 19.0 Å². The highest BCUT2D eigenvalue weighted by Crippen LogP contribution is 2.32.